The number of carbonyl (C=O) groups is 1. The molecule has 0 unspecified atom stereocenters. The summed E-state index contributed by atoms with van der Waals surface area (Å²) in [6.07, 6.45) is -0.259. The molecule has 1 fully saturated rings. The van der Waals surface area contributed by atoms with Crippen LogP contribution in [0.1, 0.15) is 12.5 Å². The topological polar surface area (TPSA) is 59.6 Å². The van der Waals surface area contributed by atoms with E-state index in [0.29, 0.717) is 23.7 Å². The molecule has 1 aliphatic rings. The number of alkyl halides is 2. The molecule has 22 heavy (non-hydrogen) atoms. The van der Waals surface area contributed by atoms with Crippen LogP contribution in [0.5, 0.6) is 5.75 Å². The number of hydrogen-bond donors (Lipinski definition) is 2. The molecule has 1 aromatic carbocycles. The first-order valence-electron chi connectivity index (χ1n) is 6.83. The largest absolute Gasteiger partial charge is 0.434 e. The summed E-state index contributed by atoms with van der Waals surface area (Å²) in [5, 5.41) is 6.10. The molecule has 1 aromatic rings. The molecule has 2 rings (SSSR count). The Morgan fingerprint density at radius 3 is 3.05 bits per heavy atom. The maximum Gasteiger partial charge on any atom is 0.387 e. The van der Waals surface area contributed by atoms with Crippen LogP contribution in [-0.4, -0.2) is 37.8 Å². The molecule has 2 N–H and O–H groups in total. The Labute approximate surface area is 131 Å². The maximum absolute atomic E-state index is 12.4. The second-order valence-corrected chi connectivity index (χ2v) is 5.29. The van der Waals surface area contributed by atoms with Gasteiger partial charge in [0.15, 0.2) is 0 Å². The van der Waals surface area contributed by atoms with Gasteiger partial charge in [0.2, 0.25) is 5.91 Å². The predicted octanol–water partition coefficient (Wildman–Crippen LogP) is 1.93. The van der Waals surface area contributed by atoms with Gasteiger partial charge in [-0.25, -0.2) is 0 Å². The first-order chi connectivity index (χ1) is 10.5. The number of rotatable bonds is 5. The number of ether oxygens (including phenoxy) is 2. The second-order valence-electron chi connectivity index (χ2n) is 4.86. The molecule has 1 amide bonds. The Bertz CT molecular complexity index is 531. The average Bonchev–Trinajstić information content (AvgIpc) is 2.47. The summed E-state index contributed by atoms with van der Waals surface area (Å²) in [7, 11) is 0. The van der Waals surface area contributed by atoms with Gasteiger partial charge in [0.1, 0.15) is 11.8 Å². The Morgan fingerprint density at radius 2 is 2.36 bits per heavy atom. The minimum absolute atomic E-state index is 0.0133. The van der Waals surface area contributed by atoms with Crippen LogP contribution in [0.4, 0.5) is 8.78 Å². The smallest absolute Gasteiger partial charge is 0.387 e. The summed E-state index contributed by atoms with van der Waals surface area (Å²) in [5.41, 5.74) is 0.380. The van der Waals surface area contributed by atoms with E-state index in [0.717, 1.165) is 0 Å². The lowest BCUT2D eigenvalue weighted by Crippen LogP contribution is -2.55. The third-order valence-corrected chi connectivity index (χ3v) is 3.53. The van der Waals surface area contributed by atoms with Crippen molar-refractivity contribution < 1.29 is 23.0 Å². The molecule has 1 saturated heterocycles. The van der Waals surface area contributed by atoms with Crippen LogP contribution in [0.3, 0.4) is 0 Å². The molecule has 0 aromatic heterocycles. The average molecular weight is 335 g/mol. The number of carbonyl (C=O) groups excluding carboxylic acids is 1. The van der Waals surface area contributed by atoms with Gasteiger partial charge in [-0.15, -0.1) is 0 Å². The Kier molecular flexibility index (Phi) is 5.93. The first-order valence-corrected chi connectivity index (χ1v) is 7.21. The van der Waals surface area contributed by atoms with Crippen LogP contribution in [0.2, 0.25) is 5.02 Å². The zero-order chi connectivity index (χ0) is 16.1. The van der Waals surface area contributed by atoms with Gasteiger partial charge in [-0.1, -0.05) is 11.6 Å². The molecular formula is C14H17ClF2N2O3. The Morgan fingerprint density at radius 1 is 1.59 bits per heavy atom. The minimum Gasteiger partial charge on any atom is -0.434 e. The van der Waals surface area contributed by atoms with Gasteiger partial charge in [-0.3, -0.25) is 4.79 Å². The summed E-state index contributed by atoms with van der Waals surface area (Å²) in [6.45, 7) is 0.0161. The van der Waals surface area contributed by atoms with Crippen molar-refractivity contribution in [1.29, 1.82) is 0 Å². The van der Waals surface area contributed by atoms with Crippen LogP contribution in [0, 0.1) is 0 Å². The highest BCUT2D eigenvalue weighted by atomic mass is 35.5. The number of amides is 1. The van der Waals surface area contributed by atoms with Crippen molar-refractivity contribution in [2.45, 2.75) is 32.2 Å². The van der Waals surface area contributed by atoms with Crippen LogP contribution >= 0.6 is 11.6 Å². The summed E-state index contributed by atoms with van der Waals surface area (Å²) in [4.78, 5) is 12.1. The van der Waals surface area contributed by atoms with E-state index < -0.39 is 12.7 Å². The molecule has 0 bridgehead atoms. The van der Waals surface area contributed by atoms with Gasteiger partial charge >= 0.3 is 6.61 Å². The molecule has 0 spiro atoms. The molecule has 0 radical (unpaired) electrons. The fourth-order valence-corrected chi connectivity index (χ4v) is 2.41. The lowest BCUT2D eigenvalue weighted by molar-refractivity contribution is -0.129. The van der Waals surface area contributed by atoms with Crippen molar-refractivity contribution in [3.05, 3.63) is 28.8 Å². The highest BCUT2D eigenvalue weighted by Crippen LogP contribution is 2.24. The van der Waals surface area contributed by atoms with Crippen LogP contribution in [0.25, 0.3) is 0 Å². The fraction of sp³-hybridized carbons (Fsp3) is 0.500. The highest BCUT2D eigenvalue weighted by Gasteiger charge is 2.28. The lowest BCUT2D eigenvalue weighted by atomic mass is 10.1. The third-order valence-electron chi connectivity index (χ3n) is 3.29. The molecule has 2 atom stereocenters. The van der Waals surface area contributed by atoms with Crippen molar-refractivity contribution in [3.8, 4) is 5.75 Å². The van der Waals surface area contributed by atoms with Gasteiger partial charge in [0.05, 0.1) is 12.7 Å². The van der Waals surface area contributed by atoms with Crippen LogP contribution < -0.4 is 15.4 Å². The van der Waals surface area contributed by atoms with Crippen molar-refractivity contribution >= 4 is 17.5 Å². The molecular weight excluding hydrogens is 318 g/mol. The number of benzene rings is 1. The zero-order valence-electron chi connectivity index (χ0n) is 11.9. The molecule has 0 aliphatic carbocycles. The number of morpholine rings is 1. The van der Waals surface area contributed by atoms with Crippen molar-refractivity contribution in [2.75, 3.05) is 13.2 Å². The van der Waals surface area contributed by atoms with Crippen molar-refractivity contribution in [2.24, 2.45) is 0 Å². The van der Waals surface area contributed by atoms with E-state index in [1.807, 2.05) is 0 Å². The van der Waals surface area contributed by atoms with E-state index in [2.05, 4.69) is 15.4 Å². The summed E-state index contributed by atoms with van der Waals surface area (Å²) in [5.74, 6) is -0.282. The standard InChI is InChI=1S/C14H17ClF2N2O3/c1-8-12(18-4-5-21-8)13(20)19-7-9-6-10(15)2-3-11(9)22-14(16)17/h2-3,6,8,12,14,18H,4-5,7H2,1H3,(H,19,20)/t8-,12+/m1/s1. The molecule has 1 heterocycles. The molecule has 1 aliphatic heterocycles. The zero-order valence-corrected chi connectivity index (χ0v) is 12.7. The molecule has 0 saturated carbocycles. The quantitative estimate of drug-likeness (QED) is 0.864. The van der Waals surface area contributed by atoms with Crippen LogP contribution in [0.15, 0.2) is 18.2 Å². The van der Waals surface area contributed by atoms with E-state index in [1.165, 1.54) is 18.2 Å². The summed E-state index contributed by atoms with van der Waals surface area (Å²) < 4.78 is 34.6. The summed E-state index contributed by atoms with van der Waals surface area (Å²) >= 11 is 5.85. The fourth-order valence-electron chi connectivity index (χ4n) is 2.22. The number of hydrogen-bond acceptors (Lipinski definition) is 4. The van der Waals surface area contributed by atoms with Gasteiger partial charge < -0.3 is 20.1 Å². The first kappa shape index (κ1) is 16.9. The van der Waals surface area contributed by atoms with E-state index in [-0.39, 0.29) is 24.3 Å². The highest BCUT2D eigenvalue weighted by molar-refractivity contribution is 6.30. The van der Waals surface area contributed by atoms with Gasteiger partial charge in [0, 0.05) is 23.7 Å². The Hall–Kier alpha value is -1.44. The van der Waals surface area contributed by atoms with Crippen molar-refractivity contribution in [1.82, 2.24) is 10.6 Å². The van der Waals surface area contributed by atoms with Crippen LogP contribution in [-0.2, 0) is 16.1 Å². The predicted molar refractivity (Wildman–Crippen MR) is 77.1 cm³/mol. The molecule has 8 heteroatoms. The van der Waals surface area contributed by atoms with Gasteiger partial charge in [-0.2, -0.15) is 8.78 Å². The molecule has 122 valence electrons. The lowest BCUT2D eigenvalue weighted by Gasteiger charge is -2.29. The maximum atomic E-state index is 12.4. The van der Waals surface area contributed by atoms with Gasteiger partial charge in [-0.05, 0) is 25.1 Å². The van der Waals surface area contributed by atoms with E-state index >= 15 is 0 Å². The molecule has 5 nitrogen and oxygen atoms in total. The van der Waals surface area contributed by atoms with E-state index in [4.69, 9.17) is 16.3 Å². The van der Waals surface area contributed by atoms with E-state index in [1.54, 1.807) is 6.92 Å². The number of nitrogens with one attached hydrogen (secondary N) is 2. The third kappa shape index (κ3) is 4.53. The second kappa shape index (κ2) is 7.71. The SMILES string of the molecule is C[C@H]1OCCN[C@@H]1C(=O)NCc1cc(Cl)ccc1OC(F)F. The minimum atomic E-state index is -2.94. The van der Waals surface area contributed by atoms with E-state index in [9.17, 15) is 13.6 Å². The Balaban J connectivity index is 2.01. The monoisotopic (exact) mass is 334 g/mol. The normalized spacial score (nSPS) is 21.7. The van der Waals surface area contributed by atoms with Gasteiger partial charge in [0.25, 0.3) is 0 Å². The summed E-state index contributed by atoms with van der Waals surface area (Å²) in [6, 6.07) is 3.80. The number of halogens is 3. The van der Waals surface area contributed by atoms with Crippen molar-refractivity contribution in [3.63, 3.8) is 0 Å².